The van der Waals surface area contributed by atoms with Gasteiger partial charge in [0, 0.05) is 29.1 Å². The summed E-state index contributed by atoms with van der Waals surface area (Å²) in [6, 6.07) is 46.2. The minimum absolute atomic E-state index is 0.489. The molecule has 5 nitrogen and oxygen atoms in total. The highest BCUT2D eigenvalue weighted by Crippen LogP contribution is 2.38. The predicted octanol–water partition coefficient (Wildman–Crippen LogP) is 10.5. The zero-order valence-electron chi connectivity index (χ0n) is 26.6. The molecule has 5 heteroatoms. The number of allylic oxidation sites excluding steroid dienone is 3. The van der Waals surface area contributed by atoms with Crippen LogP contribution in [0.25, 0.3) is 72.4 Å². The number of nitrogens with zero attached hydrogens (tertiary/aromatic N) is 4. The van der Waals surface area contributed by atoms with Crippen LogP contribution in [0.2, 0.25) is 0 Å². The lowest BCUT2D eigenvalue weighted by atomic mass is 9.90. The van der Waals surface area contributed by atoms with Crippen LogP contribution >= 0.6 is 0 Å². The van der Waals surface area contributed by atoms with E-state index >= 15 is 0 Å². The number of rotatable bonds is 9. The van der Waals surface area contributed by atoms with Gasteiger partial charge in [0.2, 0.25) is 0 Å². The van der Waals surface area contributed by atoms with E-state index in [0.717, 1.165) is 39.0 Å². The van der Waals surface area contributed by atoms with Crippen molar-refractivity contribution in [2.45, 2.75) is 6.92 Å². The molecule has 230 valence electrons. The summed E-state index contributed by atoms with van der Waals surface area (Å²) in [6.45, 7) is 2.53. The fraction of sp³-hybridized carbons (Fsp3) is 0.0465. The minimum atomic E-state index is 0.489. The van der Waals surface area contributed by atoms with E-state index in [0.29, 0.717) is 24.0 Å². The fourth-order valence-electron chi connectivity index (χ4n) is 6.03. The summed E-state index contributed by atoms with van der Waals surface area (Å²) in [5.41, 5.74) is 7.05. The van der Waals surface area contributed by atoms with Crippen molar-refractivity contribution in [3.8, 4) is 45.3 Å². The number of aromatic nitrogens is 3. The van der Waals surface area contributed by atoms with E-state index in [9.17, 15) is 0 Å². The van der Waals surface area contributed by atoms with Gasteiger partial charge in [-0.3, -0.25) is 4.99 Å². The Balaban J connectivity index is 1.48. The van der Waals surface area contributed by atoms with Crippen molar-refractivity contribution in [1.82, 2.24) is 15.0 Å². The van der Waals surface area contributed by atoms with Crippen LogP contribution in [0.1, 0.15) is 12.5 Å². The molecule has 7 rings (SSSR count). The van der Waals surface area contributed by atoms with Crippen molar-refractivity contribution in [2.24, 2.45) is 4.99 Å². The predicted molar refractivity (Wildman–Crippen MR) is 202 cm³/mol. The van der Waals surface area contributed by atoms with Crippen molar-refractivity contribution >= 4 is 39.5 Å². The van der Waals surface area contributed by atoms with Gasteiger partial charge in [-0.25, -0.2) is 15.0 Å². The molecule has 48 heavy (non-hydrogen) atoms. The molecule has 0 aliphatic carbocycles. The van der Waals surface area contributed by atoms with Crippen LogP contribution in [-0.2, 0) is 0 Å². The number of benzene rings is 6. The minimum Gasteiger partial charge on any atom is -0.307 e. The second kappa shape index (κ2) is 14.0. The number of hydrogen-bond donors (Lipinski definition) is 1. The van der Waals surface area contributed by atoms with E-state index in [1.165, 1.54) is 34.0 Å². The summed E-state index contributed by atoms with van der Waals surface area (Å²) >= 11 is 0. The lowest BCUT2D eigenvalue weighted by Gasteiger charge is -2.15. The summed E-state index contributed by atoms with van der Waals surface area (Å²) in [7, 11) is 0. The first-order valence-corrected chi connectivity index (χ1v) is 16.0. The average molecular weight is 620 g/mol. The highest BCUT2D eigenvalue weighted by Gasteiger charge is 2.16. The molecule has 1 N–H and O–H groups in total. The summed E-state index contributed by atoms with van der Waals surface area (Å²) in [5, 5.41) is 12.0. The van der Waals surface area contributed by atoms with Gasteiger partial charge in [-0.15, -0.1) is 0 Å². The molecule has 7 aromatic rings. The normalized spacial score (nSPS) is 12.0. The third-order valence-corrected chi connectivity index (χ3v) is 8.30. The Kier molecular flexibility index (Phi) is 8.83. The standard InChI is InChI=1S/C43H33N5/c1-2-30(19-12-25-45-26-24-44)35-27-36(39-21-11-18-32-23-22-31-13-9-10-20-38(31)40(32)39)29-37(28-35)43-47-41(33-14-5-3-6-15-33)46-42(48-43)34-16-7-4-8-17-34/h2-24,26-29,44H,25H2,1H3/b19-12-,30-2+,44-24?,45-26?. The average Bonchev–Trinajstić information content (AvgIpc) is 3.16. The number of fused-ring (bicyclic) bond motifs is 3. The molecule has 0 fully saturated rings. The summed E-state index contributed by atoms with van der Waals surface area (Å²) in [4.78, 5) is 19.3. The largest absolute Gasteiger partial charge is 0.307 e. The van der Waals surface area contributed by atoms with E-state index in [4.69, 9.17) is 20.4 Å². The molecule has 0 aliphatic rings. The van der Waals surface area contributed by atoms with Gasteiger partial charge in [0.15, 0.2) is 17.5 Å². The summed E-state index contributed by atoms with van der Waals surface area (Å²) < 4.78 is 0. The Morgan fingerprint density at radius 2 is 1.23 bits per heavy atom. The molecule has 0 spiro atoms. The van der Waals surface area contributed by atoms with Gasteiger partial charge in [0.25, 0.3) is 0 Å². The van der Waals surface area contributed by atoms with E-state index in [1.807, 2.05) is 73.7 Å². The lowest BCUT2D eigenvalue weighted by molar-refractivity contribution is 1.07. The molecule has 0 bridgehead atoms. The Morgan fingerprint density at radius 1 is 0.625 bits per heavy atom. The number of nitrogens with one attached hydrogen (secondary N) is 1. The fourth-order valence-corrected chi connectivity index (χ4v) is 6.03. The molecule has 0 saturated carbocycles. The first kappa shape index (κ1) is 30.3. The van der Waals surface area contributed by atoms with Crippen molar-refractivity contribution < 1.29 is 0 Å². The molecule has 0 unspecified atom stereocenters. The van der Waals surface area contributed by atoms with E-state index in [1.54, 1.807) is 0 Å². The van der Waals surface area contributed by atoms with Crippen LogP contribution in [0.4, 0.5) is 0 Å². The van der Waals surface area contributed by atoms with Gasteiger partial charge in [0.05, 0.1) is 6.54 Å². The highest BCUT2D eigenvalue weighted by molar-refractivity contribution is 6.15. The Labute approximate surface area is 280 Å². The lowest BCUT2D eigenvalue weighted by Crippen LogP contribution is -2.01. The van der Waals surface area contributed by atoms with E-state index in [2.05, 4.69) is 89.9 Å². The van der Waals surface area contributed by atoms with E-state index in [-0.39, 0.29) is 0 Å². The van der Waals surface area contributed by atoms with Crippen molar-refractivity contribution in [2.75, 3.05) is 6.54 Å². The van der Waals surface area contributed by atoms with E-state index < -0.39 is 0 Å². The molecule has 0 aliphatic heterocycles. The molecular weight excluding hydrogens is 587 g/mol. The molecule has 0 amide bonds. The second-order valence-electron chi connectivity index (χ2n) is 11.4. The van der Waals surface area contributed by atoms with Crippen LogP contribution in [0.3, 0.4) is 0 Å². The maximum absolute atomic E-state index is 7.23. The number of aliphatic imine (C=N–C) groups is 1. The monoisotopic (exact) mass is 619 g/mol. The van der Waals surface area contributed by atoms with Gasteiger partial charge in [-0.1, -0.05) is 133 Å². The quantitative estimate of drug-likeness (QED) is 0.0992. The maximum Gasteiger partial charge on any atom is 0.164 e. The molecular formula is C43H33N5. The van der Waals surface area contributed by atoms with Crippen LogP contribution in [-0.4, -0.2) is 33.9 Å². The molecule has 6 aromatic carbocycles. The zero-order chi connectivity index (χ0) is 32.7. The Bertz CT molecular complexity index is 2280. The van der Waals surface area contributed by atoms with Gasteiger partial charge < -0.3 is 5.41 Å². The van der Waals surface area contributed by atoms with Crippen LogP contribution in [0.15, 0.2) is 157 Å². The van der Waals surface area contributed by atoms with Gasteiger partial charge >= 0.3 is 0 Å². The van der Waals surface area contributed by atoms with Crippen LogP contribution < -0.4 is 0 Å². The first-order valence-electron chi connectivity index (χ1n) is 16.0. The molecule has 1 heterocycles. The smallest absolute Gasteiger partial charge is 0.164 e. The summed E-state index contributed by atoms with van der Waals surface area (Å²) in [5.74, 6) is 1.85. The highest BCUT2D eigenvalue weighted by atomic mass is 15.0. The molecule has 0 radical (unpaired) electrons. The SMILES string of the molecule is C/C=C(\C=C/CN=CC=N)c1cc(-c2nc(-c3ccccc3)nc(-c3ccccc3)n2)cc(-c2cccc3ccc4ccccc4c23)c1. The molecule has 1 aromatic heterocycles. The van der Waals surface area contributed by atoms with Crippen LogP contribution in [0, 0.1) is 5.41 Å². The first-order chi connectivity index (χ1) is 23.7. The van der Waals surface area contributed by atoms with Gasteiger partial charge in [-0.05, 0) is 68.9 Å². The maximum atomic E-state index is 7.23. The second-order valence-corrected chi connectivity index (χ2v) is 11.4. The van der Waals surface area contributed by atoms with Crippen LogP contribution in [0.5, 0.6) is 0 Å². The Morgan fingerprint density at radius 3 is 1.92 bits per heavy atom. The third kappa shape index (κ3) is 6.35. The molecule has 0 atom stereocenters. The van der Waals surface area contributed by atoms with Gasteiger partial charge in [-0.2, -0.15) is 0 Å². The topological polar surface area (TPSA) is 74.9 Å². The zero-order valence-corrected chi connectivity index (χ0v) is 26.6. The van der Waals surface area contributed by atoms with Crippen molar-refractivity contribution in [3.63, 3.8) is 0 Å². The van der Waals surface area contributed by atoms with Crippen molar-refractivity contribution in [3.05, 3.63) is 157 Å². The Hall–Kier alpha value is -6.33. The molecule has 0 saturated heterocycles. The van der Waals surface area contributed by atoms with Gasteiger partial charge in [0.1, 0.15) is 0 Å². The summed E-state index contributed by atoms with van der Waals surface area (Å²) in [6.07, 6.45) is 8.89. The third-order valence-electron chi connectivity index (χ3n) is 8.30. The number of hydrogen-bond acceptors (Lipinski definition) is 5. The van der Waals surface area contributed by atoms with Crippen molar-refractivity contribution in [1.29, 1.82) is 5.41 Å².